The fraction of sp³-hybridized carbons (Fsp3) is 0.0714. The van der Waals surface area contributed by atoms with Gasteiger partial charge in [-0.25, -0.2) is 4.39 Å². The second-order valence-corrected chi connectivity index (χ2v) is 3.56. The summed E-state index contributed by atoms with van der Waals surface area (Å²) in [5.41, 5.74) is 1.47. The summed E-state index contributed by atoms with van der Waals surface area (Å²) in [6.45, 7) is 0.318. The predicted octanol–water partition coefficient (Wildman–Crippen LogP) is 3.28. The average molecular weight is 227 g/mol. The van der Waals surface area contributed by atoms with Crippen LogP contribution in [0, 0.1) is 17.1 Å². The summed E-state index contributed by atoms with van der Waals surface area (Å²) in [6.07, 6.45) is 0. The highest BCUT2D eigenvalue weighted by atomic mass is 19.1. The fourth-order valence-electron chi connectivity index (χ4n) is 1.45. The van der Waals surface area contributed by atoms with E-state index in [1.165, 1.54) is 12.1 Å². The topological polar surface area (TPSA) is 33.0 Å². The second-order valence-electron chi connectivity index (χ2n) is 3.56. The van der Waals surface area contributed by atoms with Crippen LogP contribution in [0.3, 0.4) is 0 Å². The van der Waals surface area contributed by atoms with Crippen LogP contribution in [0.4, 0.5) is 4.39 Å². The fourth-order valence-corrected chi connectivity index (χ4v) is 1.45. The Kier molecular flexibility index (Phi) is 3.37. The third-order valence-corrected chi connectivity index (χ3v) is 2.26. The lowest BCUT2D eigenvalue weighted by atomic mass is 10.1. The molecule has 17 heavy (non-hydrogen) atoms. The number of rotatable bonds is 3. The number of benzene rings is 2. The van der Waals surface area contributed by atoms with Crippen LogP contribution in [0.15, 0.2) is 48.5 Å². The van der Waals surface area contributed by atoms with Crippen molar-refractivity contribution in [3.05, 3.63) is 65.5 Å². The Bertz CT molecular complexity index is 560. The maximum Gasteiger partial charge on any atom is 0.126 e. The molecule has 0 bridgehead atoms. The van der Waals surface area contributed by atoms with Crippen molar-refractivity contribution < 1.29 is 9.13 Å². The molecular formula is C14H10FNO. The van der Waals surface area contributed by atoms with Crippen molar-refractivity contribution >= 4 is 0 Å². The van der Waals surface area contributed by atoms with Crippen molar-refractivity contribution in [2.45, 2.75) is 6.61 Å². The van der Waals surface area contributed by atoms with E-state index in [-0.39, 0.29) is 5.82 Å². The quantitative estimate of drug-likeness (QED) is 0.806. The number of nitrogens with zero attached hydrogens (tertiary/aromatic N) is 1. The number of halogens is 1. The van der Waals surface area contributed by atoms with Gasteiger partial charge in [0.25, 0.3) is 0 Å². The van der Waals surface area contributed by atoms with Crippen LogP contribution in [0.5, 0.6) is 5.75 Å². The van der Waals surface area contributed by atoms with Gasteiger partial charge in [0, 0.05) is 6.07 Å². The molecule has 0 atom stereocenters. The molecule has 0 saturated carbocycles. The SMILES string of the molecule is N#Cc1cccc(COc2cccc(F)c2)c1. The summed E-state index contributed by atoms with van der Waals surface area (Å²) in [5, 5.41) is 8.74. The smallest absolute Gasteiger partial charge is 0.126 e. The van der Waals surface area contributed by atoms with Crippen molar-refractivity contribution in [3.63, 3.8) is 0 Å². The van der Waals surface area contributed by atoms with E-state index in [9.17, 15) is 4.39 Å². The van der Waals surface area contributed by atoms with Gasteiger partial charge < -0.3 is 4.74 Å². The van der Waals surface area contributed by atoms with Crippen molar-refractivity contribution in [1.82, 2.24) is 0 Å². The van der Waals surface area contributed by atoms with Gasteiger partial charge in [0.05, 0.1) is 11.6 Å². The molecule has 3 heteroatoms. The van der Waals surface area contributed by atoms with E-state index >= 15 is 0 Å². The van der Waals surface area contributed by atoms with E-state index in [0.717, 1.165) is 5.56 Å². The van der Waals surface area contributed by atoms with Crippen LogP contribution in [-0.4, -0.2) is 0 Å². The molecule has 0 aromatic heterocycles. The van der Waals surface area contributed by atoms with Gasteiger partial charge in [0.1, 0.15) is 18.2 Å². The third kappa shape index (κ3) is 3.05. The van der Waals surface area contributed by atoms with Crippen LogP contribution < -0.4 is 4.74 Å². The predicted molar refractivity (Wildman–Crippen MR) is 61.9 cm³/mol. The lowest BCUT2D eigenvalue weighted by Gasteiger charge is -2.06. The van der Waals surface area contributed by atoms with E-state index in [1.54, 1.807) is 30.3 Å². The normalized spacial score (nSPS) is 9.65. The maximum atomic E-state index is 12.9. The molecule has 0 N–H and O–H groups in total. The molecule has 0 heterocycles. The van der Waals surface area contributed by atoms with Crippen LogP contribution in [0.2, 0.25) is 0 Å². The molecule has 0 aliphatic rings. The minimum absolute atomic E-state index is 0.318. The van der Waals surface area contributed by atoms with Gasteiger partial charge in [-0.15, -0.1) is 0 Å². The van der Waals surface area contributed by atoms with Crippen molar-refractivity contribution in [2.24, 2.45) is 0 Å². The van der Waals surface area contributed by atoms with Gasteiger partial charge in [-0.1, -0.05) is 18.2 Å². The van der Waals surface area contributed by atoms with Gasteiger partial charge >= 0.3 is 0 Å². The van der Waals surface area contributed by atoms with Gasteiger partial charge in [-0.3, -0.25) is 0 Å². The zero-order valence-corrected chi connectivity index (χ0v) is 9.06. The van der Waals surface area contributed by atoms with Crippen LogP contribution >= 0.6 is 0 Å². The minimum Gasteiger partial charge on any atom is -0.489 e. The number of hydrogen-bond acceptors (Lipinski definition) is 2. The van der Waals surface area contributed by atoms with E-state index in [4.69, 9.17) is 10.00 Å². The number of nitriles is 1. The third-order valence-electron chi connectivity index (χ3n) is 2.26. The highest BCUT2D eigenvalue weighted by molar-refractivity contribution is 5.33. The van der Waals surface area contributed by atoms with E-state index < -0.39 is 0 Å². The minimum atomic E-state index is -0.326. The summed E-state index contributed by atoms with van der Waals surface area (Å²) in [4.78, 5) is 0. The first kappa shape index (κ1) is 11.2. The van der Waals surface area contributed by atoms with E-state index in [0.29, 0.717) is 17.9 Å². The van der Waals surface area contributed by atoms with Crippen LogP contribution in [0.25, 0.3) is 0 Å². The van der Waals surface area contributed by atoms with Gasteiger partial charge in [0.2, 0.25) is 0 Å². The largest absolute Gasteiger partial charge is 0.489 e. The number of hydrogen-bond donors (Lipinski definition) is 0. The molecule has 0 radical (unpaired) electrons. The van der Waals surface area contributed by atoms with Gasteiger partial charge in [-0.2, -0.15) is 5.26 Å². The molecular weight excluding hydrogens is 217 g/mol. The first-order chi connectivity index (χ1) is 8.28. The molecule has 0 aliphatic carbocycles. The Morgan fingerprint density at radius 3 is 2.71 bits per heavy atom. The molecule has 0 amide bonds. The summed E-state index contributed by atoms with van der Waals surface area (Å²) < 4.78 is 18.3. The molecule has 0 saturated heterocycles. The molecule has 2 aromatic carbocycles. The standard InChI is InChI=1S/C14H10FNO/c15-13-5-2-6-14(8-13)17-10-12-4-1-3-11(7-12)9-16/h1-8H,10H2. The first-order valence-electron chi connectivity index (χ1n) is 5.15. The molecule has 0 spiro atoms. The molecule has 0 aliphatic heterocycles. The Labute approximate surface area is 98.9 Å². The van der Waals surface area contributed by atoms with Crippen LogP contribution in [0.1, 0.15) is 11.1 Å². The molecule has 2 nitrogen and oxygen atoms in total. The maximum absolute atomic E-state index is 12.9. The lowest BCUT2D eigenvalue weighted by molar-refractivity contribution is 0.304. The first-order valence-corrected chi connectivity index (χ1v) is 5.15. The van der Waals surface area contributed by atoms with Crippen LogP contribution in [-0.2, 0) is 6.61 Å². The highest BCUT2D eigenvalue weighted by Crippen LogP contribution is 2.14. The molecule has 84 valence electrons. The summed E-state index contributed by atoms with van der Waals surface area (Å²) >= 11 is 0. The Hall–Kier alpha value is -2.34. The lowest BCUT2D eigenvalue weighted by Crippen LogP contribution is -1.95. The van der Waals surface area contributed by atoms with Gasteiger partial charge in [0.15, 0.2) is 0 Å². The Morgan fingerprint density at radius 2 is 1.94 bits per heavy atom. The average Bonchev–Trinajstić information content (AvgIpc) is 2.37. The summed E-state index contributed by atoms with van der Waals surface area (Å²) in [7, 11) is 0. The zero-order valence-electron chi connectivity index (χ0n) is 9.06. The highest BCUT2D eigenvalue weighted by Gasteiger charge is 1.98. The van der Waals surface area contributed by atoms with Crippen molar-refractivity contribution in [2.75, 3.05) is 0 Å². The summed E-state index contributed by atoms with van der Waals surface area (Å²) in [6, 6.07) is 15.2. The Morgan fingerprint density at radius 1 is 1.12 bits per heavy atom. The molecule has 2 rings (SSSR count). The number of ether oxygens (including phenoxy) is 1. The molecule has 0 unspecified atom stereocenters. The van der Waals surface area contributed by atoms with Crippen molar-refractivity contribution in [1.29, 1.82) is 5.26 Å². The molecule has 0 fully saturated rings. The van der Waals surface area contributed by atoms with E-state index in [2.05, 4.69) is 6.07 Å². The summed E-state index contributed by atoms with van der Waals surface area (Å²) in [5.74, 6) is 0.153. The molecule has 2 aromatic rings. The van der Waals surface area contributed by atoms with Gasteiger partial charge in [-0.05, 0) is 29.8 Å². The second kappa shape index (κ2) is 5.13. The van der Waals surface area contributed by atoms with E-state index in [1.807, 2.05) is 6.07 Å². The zero-order chi connectivity index (χ0) is 12.1. The van der Waals surface area contributed by atoms with Crippen molar-refractivity contribution in [3.8, 4) is 11.8 Å². The Balaban J connectivity index is 2.05. The monoisotopic (exact) mass is 227 g/mol.